The van der Waals surface area contributed by atoms with E-state index in [4.69, 9.17) is 4.55 Å². The molecule has 29 heteroatoms. The Bertz CT molecular complexity index is 3980. The van der Waals surface area contributed by atoms with Crippen molar-refractivity contribution < 1.29 is 76.6 Å². The first-order chi connectivity index (χ1) is 33.8. The Hall–Kier alpha value is -8.55. The van der Waals surface area contributed by atoms with E-state index in [9.17, 15) is 72.8 Å². The Labute approximate surface area is 406 Å². The second-order valence-electron chi connectivity index (χ2n) is 14.6. The maximum absolute atomic E-state index is 13.3. The molecule has 368 valence electrons. The molecule has 7 aromatic carbocycles. The van der Waals surface area contributed by atoms with Gasteiger partial charge in [0.15, 0.2) is 5.75 Å². The van der Waals surface area contributed by atoms with Crippen molar-refractivity contribution in [3.05, 3.63) is 161 Å². The number of phenols is 1. The van der Waals surface area contributed by atoms with Crippen LogP contribution in [0.2, 0.25) is 0 Å². The van der Waals surface area contributed by atoms with Gasteiger partial charge in [-0.05, 0) is 101 Å². The molecule has 0 aliphatic rings. The summed E-state index contributed by atoms with van der Waals surface area (Å²) >= 11 is 0. The zero-order valence-electron chi connectivity index (χ0n) is 35.7. The molecular formula is C43H30N8O17S4. The number of benzene rings is 7. The predicted molar refractivity (Wildman–Crippen MR) is 252 cm³/mol. The fraction of sp³-hybridized carbons (Fsp3) is 0. The van der Waals surface area contributed by atoms with Crippen molar-refractivity contribution in [1.82, 2.24) is 0 Å². The topological polar surface area (TPSA) is 401 Å². The number of hydrogen-bond acceptors (Lipinski definition) is 18. The van der Waals surface area contributed by atoms with Crippen LogP contribution >= 0.6 is 0 Å². The minimum Gasteiger partial charge on any atom is -0.594 e. The number of azo groups is 4. The summed E-state index contributed by atoms with van der Waals surface area (Å²) in [6.07, 6.45) is 2.09. The molecule has 25 nitrogen and oxygen atoms in total. The molecule has 7 rings (SSSR count). The standard InChI is InChI=1S/C43H30N8O17S4/c52-42-35-20-17-33(21-27(35)22-40(72(66,67)68)41(42)47-46-37-4-2-1-3-36(37)43(53)54)51(56)49-31-10-8-26(39(24-31)71(63,64)65)6-5-25-7-9-30(23-38(25)70(60,61)62)48-50(55)32-15-11-28(12-16-32)44-45-29-13-18-34(19-14-29)69(57,58)59/h1-24,52H,(H,53,54)(H,57,58,59)(H,60,61,62)(H,63,64,65)(H,66,67,68). The van der Waals surface area contributed by atoms with Crippen LogP contribution in [0.1, 0.15) is 21.5 Å². The second kappa shape index (κ2) is 20.1. The fourth-order valence-electron chi connectivity index (χ4n) is 6.44. The summed E-state index contributed by atoms with van der Waals surface area (Å²) in [5, 5.41) is 69.4. The molecule has 0 atom stereocenters. The van der Waals surface area contributed by atoms with Crippen LogP contribution in [0.4, 0.5) is 45.5 Å². The summed E-state index contributed by atoms with van der Waals surface area (Å²) in [6, 6.07) is 25.8. The number of rotatable bonds is 15. The Kier molecular flexibility index (Phi) is 14.3. The number of aromatic carboxylic acids is 1. The van der Waals surface area contributed by atoms with E-state index in [1.54, 1.807) is 0 Å². The lowest BCUT2D eigenvalue weighted by molar-refractivity contribution is -0.435. The molecule has 0 heterocycles. The number of phenolic OH excluding ortho intramolecular Hbond substituents is 1. The summed E-state index contributed by atoms with van der Waals surface area (Å²) < 4.78 is 137. The molecule has 0 bridgehead atoms. The highest BCUT2D eigenvalue weighted by Gasteiger charge is 2.24. The van der Waals surface area contributed by atoms with E-state index in [1.165, 1.54) is 66.7 Å². The van der Waals surface area contributed by atoms with Crippen LogP contribution in [0, 0.1) is 10.4 Å². The van der Waals surface area contributed by atoms with Crippen molar-refractivity contribution in [2.75, 3.05) is 0 Å². The average molecular weight is 1060 g/mol. The molecule has 0 fully saturated rings. The van der Waals surface area contributed by atoms with Gasteiger partial charge in [-0.3, -0.25) is 18.2 Å². The van der Waals surface area contributed by atoms with Gasteiger partial charge in [0.05, 0.1) is 21.8 Å². The van der Waals surface area contributed by atoms with Crippen LogP contribution in [-0.2, 0) is 40.5 Å². The van der Waals surface area contributed by atoms with E-state index in [-0.39, 0.29) is 81.9 Å². The van der Waals surface area contributed by atoms with Gasteiger partial charge in [-0.2, -0.15) is 43.9 Å². The van der Waals surface area contributed by atoms with Gasteiger partial charge in [-0.1, -0.05) is 46.1 Å². The lowest BCUT2D eigenvalue weighted by atomic mass is 10.1. The quantitative estimate of drug-likeness (QED) is 0.0183. The van der Waals surface area contributed by atoms with Crippen LogP contribution in [-0.4, -0.2) is 77.8 Å². The molecule has 0 saturated carbocycles. The molecule has 0 aliphatic heterocycles. The number of hydrogen-bond donors (Lipinski definition) is 6. The maximum atomic E-state index is 13.3. The largest absolute Gasteiger partial charge is 0.594 e. The summed E-state index contributed by atoms with van der Waals surface area (Å²) in [7, 11) is -19.7. The zero-order valence-corrected chi connectivity index (χ0v) is 39.0. The normalized spacial score (nSPS) is 13.2. The van der Waals surface area contributed by atoms with Crippen LogP contribution in [0.15, 0.2) is 184 Å². The van der Waals surface area contributed by atoms with Crippen molar-refractivity contribution in [1.29, 1.82) is 0 Å². The van der Waals surface area contributed by atoms with Gasteiger partial charge in [0.2, 0.25) is 11.4 Å². The van der Waals surface area contributed by atoms with E-state index in [0.717, 1.165) is 78.9 Å². The summed E-state index contributed by atoms with van der Waals surface area (Å²) in [5.74, 6) is -2.22. The van der Waals surface area contributed by atoms with Gasteiger partial charge in [-0.15, -0.1) is 10.2 Å². The molecule has 0 unspecified atom stereocenters. The molecule has 0 radical (unpaired) electrons. The minimum absolute atomic E-state index is 0.0313. The third kappa shape index (κ3) is 12.1. The third-order valence-electron chi connectivity index (χ3n) is 9.82. The van der Waals surface area contributed by atoms with E-state index in [2.05, 4.69) is 30.7 Å². The number of fused-ring (bicyclic) bond motifs is 1. The Morgan fingerprint density at radius 2 is 0.972 bits per heavy atom. The van der Waals surface area contributed by atoms with Crippen LogP contribution in [0.25, 0.3) is 22.9 Å². The smallest absolute Gasteiger partial charge is 0.337 e. The minimum atomic E-state index is -5.15. The predicted octanol–water partition coefficient (Wildman–Crippen LogP) is 10.1. The van der Waals surface area contributed by atoms with E-state index in [0.29, 0.717) is 0 Å². The molecule has 0 aliphatic carbocycles. The lowest BCUT2D eigenvalue weighted by Crippen LogP contribution is -2.02. The Morgan fingerprint density at radius 1 is 0.500 bits per heavy atom. The molecule has 0 aromatic heterocycles. The first kappa shape index (κ1) is 51.3. The van der Waals surface area contributed by atoms with Crippen LogP contribution < -0.4 is 0 Å². The highest BCUT2D eigenvalue weighted by molar-refractivity contribution is 7.86. The fourth-order valence-corrected chi connectivity index (χ4v) is 8.99. The van der Waals surface area contributed by atoms with Gasteiger partial charge in [0.25, 0.3) is 40.5 Å². The first-order valence-corrected chi connectivity index (χ1v) is 25.4. The summed E-state index contributed by atoms with van der Waals surface area (Å²) in [4.78, 5) is 8.77. The van der Waals surface area contributed by atoms with Crippen LogP contribution in [0.5, 0.6) is 5.75 Å². The average Bonchev–Trinajstić information content (AvgIpc) is 3.31. The lowest BCUT2D eigenvalue weighted by Gasteiger charge is -2.10. The number of aromatic hydroxyl groups is 1. The zero-order chi connectivity index (χ0) is 52.3. The second-order valence-corrected chi connectivity index (χ2v) is 20.2. The van der Waals surface area contributed by atoms with Crippen molar-refractivity contribution in [2.45, 2.75) is 19.6 Å². The van der Waals surface area contributed by atoms with Gasteiger partial charge >= 0.3 is 5.97 Å². The number of carbonyl (C=O) groups is 1. The summed E-state index contributed by atoms with van der Waals surface area (Å²) in [5.41, 5.74) is -2.31. The highest BCUT2D eigenvalue weighted by atomic mass is 32.2. The Morgan fingerprint density at radius 3 is 1.47 bits per heavy atom. The summed E-state index contributed by atoms with van der Waals surface area (Å²) in [6.45, 7) is 0. The van der Waals surface area contributed by atoms with Gasteiger partial charge < -0.3 is 20.6 Å². The SMILES string of the molecule is O=C(O)c1ccccc1N=Nc1c(S(=O)(=O)O)cc2cc([N+]([O-])=Nc3ccc(C=Cc4ccc(N=[N+]([O-])c5ccc(N=Nc6ccc(S(=O)(=O)O)cc6)cc5)cc4S(=O)(=O)O)c(S(=O)(=O)O)c3)ccc2c1O. The first-order valence-electron chi connectivity index (χ1n) is 19.7. The maximum Gasteiger partial charge on any atom is 0.337 e. The van der Waals surface area contributed by atoms with Gasteiger partial charge in [0, 0.05) is 39.9 Å². The molecule has 0 amide bonds. The molecule has 72 heavy (non-hydrogen) atoms. The van der Waals surface area contributed by atoms with E-state index >= 15 is 0 Å². The molecule has 0 saturated heterocycles. The molecule has 6 N–H and O–H groups in total. The molecular weight excluding hydrogens is 1030 g/mol. The molecule has 0 spiro atoms. The van der Waals surface area contributed by atoms with Gasteiger partial charge in [-0.25, -0.2) is 4.79 Å². The third-order valence-corrected chi connectivity index (χ3v) is 13.4. The number of nitrogens with zero attached hydrogens (tertiary/aromatic N) is 8. The highest BCUT2D eigenvalue weighted by Crippen LogP contribution is 2.43. The monoisotopic (exact) mass is 1060 g/mol. The van der Waals surface area contributed by atoms with Crippen molar-refractivity contribution in [3.8, 4) is 5.75 Å². The van der Waals surface area contributed by atoms with Gasteiger partial charge in [0.1, 0.15) is 37.4 Å². The van der Waals surface area contributed by atoms with Crippen LogP contribution in [0.3, 0.4) is 0 Å². The number of carboxylic acid groups (broad SMARTS) is 1. The van der Waals surface area contributed by atoms with Crippen molar-refractivity contribution >= 4 is 115 Å². The number of carboxylic acids is 1. The van der Waals surface area contributed by atoms with E-state index < -0.39 is 72.6 Å². The molecule has 7 aromatic rings. The Balaban J connectivity index is 1.13. The van der Waals surface area contributed by atoms with Crippen molar-refractivity contribution in [2.24, 2.45) is 30.7 Å². The van der Waals surface area contributed by atoms with Crippen molar-refractivity contribution in [3.63, 3.8) is 0 Å². The van der Waals surface area contributed by atoms with E-state index in [1.807, 2.05) is 0 Å².